The lowest BCUT2D eigenvalue weighted by Crippen LogP contribution is -2.33. The van der Waals surface area contributed by atoms with Crippen molar-refractivity contribution in [3.05, 3.63) is 35.9 Å². The molecule has 1 nitrogen and oxygen atoms in total. The van der Waals surface area contributed by atoms with Gasteiger partial charge in [-0.25, -0.2) is 0 Å². The molecule has 0 bridgehead atoms. The van der Waals surface area contributed by atoms with Crippen molar-refractivity contribution in [3.8, 4) is 0 Å². The molecule has 2 heteroatoms. The van der Waals surface area contributed by atoms with Gasteiger partial charge < -0.3 is 4.90 Å². The van der Waals surface area contributed by atoms with Gasteiger partial charge in [0.05, 0.1) is 0 Å². The van der Waals surface area contributed by atoms with E-state index in [0.717, 1.165) is 24.8 Å². The first-order chi connectivity index (χ1) is 9.24. The van der Waals surface area contributed by atoms with Gasteiger partial charge in [-0.1, -0.05) is 63.9 Å². The Morgan fingerprint density at radius 1 is 1.00 bits per heavy atom. The van der Waals surface area contributed by atoms with Crippen molar-refractivity contribution in [1.29, 1.82) is 0 Å². The third kappa shape index (κ3) is 5.58. The first kappa shape index (κ1) is 16.6. The van der Waals surface area contributed by atoms with Crippen LogP contribution in [0.25, 0.3) is 0 Å². The van der Waals surface area contributed by atoms with E-state index in [2.05, 4.69) is 68.6 Å². The van der Waals surface area contributed by atoms with Crippen LogP contribution in [0.3, 0.4) is 0 Å². The quantitative estimate of drug-likeness (QED) is 0.653. The second-order valence-corrected chi connectivity index (χ2v) is 5.69. The van der Waals surface area contributed by atoms with Crippen LogP contribution >= 0.6 is 12.6 Å². The Hall–Kier alpha value is -0.470. The van der Waals surface area contributed by atoms with Gasteiger partial charge in [-0.2, -0.15) is 12.6 Å². The fourth-order valence-corrected chi connectivity index (χ4v) is 2.88. The third-order valence-electron chi connectivity index (χ3n) is 4.09. The van der Waals surface area contributed by atoms with Crippen molar-refractivity contribution in [2.45, 2.75) is 39.5 Å². The lowest BCUT2D eigenvalue weighted by Gasteiger charge is -2.29. The monoisotopic (exact) mass is 279 g/mol. The summed E-state index contributed by atoms with van der Waals surface area (Å²) in [6.07, 6.45) is 2.56. The summed E-state index contributed by atoms with van der Waals surface area (Å²) in [5, 5.41) is 0. The van der Waals surface area contributed by atoms with Crippen LogP contribution in [0, 0.1) is 5.92 Å². The van der Waals surface area contributed by atoms with E-state index in [-0.39, 0.29) is 0 Å². The first-order valence-electron chi connectivity index (χ1n) is 7.63. The van der Waals surface area contributed by atoms with E-state index >= 15 is 0 Å². The Labute approximate surface area is 124 Å². The van der Waals surface area contributed by atoms with Crippen LogP contribution in [-0.2, 0) is 0 Å². The molecular formula is C17H29NS. The van der Waals surface area contributed by atoms with Gasteiger partial charge in [-0.15, -0.1) is 0 Å². The van der Waals surface area contributed by atoms with Crippen molar-refractivity contribution in [3.63, 3.8) is 0 Å². The average molecular weight is 279 g/mol. The van der Waals surface area contributed by atoms with Gasteiger partial charge >= 0.3 is 0 Å². The lowest BCUT2D eigenvalue weighted by atomic mass is 9.98. The summed E-state index contributed by atoms with van der Waals surface area (Å²) in [5.41, 5.74) is 1.42. The first-order valence-corrected chi connectivity index (χ1v) is 8.26. The van der Waals surface area contributed by atoms with Gasteiger partial charge in [-0.3, -0.25) is 0 Å². The van der Waals surface area contributed by atoms with Crippen LogP contribution in [0.4, 0.5) is 0 Å². The van der Waals surface area contributed by atoms with Crippen LogP contribution in [0.1, 0.15) is 45.1 Å². The molecule has 108 valence electrons. The van der Waals surface area contributed by atoms with Gasteiger partial charge in [0.2, 0.25) is 0 Å². The molecule has 1 aromatic carbocycles. The molecule has 0 saturated carbocycles. The predicted molar refractivity (Wildman–Crippen MR) is 89.2 cm³/mol. The van der Waals surface area contributed by atoms with E-state index in [1.54, 1.807) is 0 Å². The van der Waals surface area contributed by atoms with Crippen molar-refractivity contribution in [2.75, 3.05) is 25.4 Å². The van der Waals surface area contributed by atoms with Gasteiger partial charge in [-0.05, 0) is 23.8 Å². The van der Waals surface area contributed by atoms with Crippen LogP contribution in [-0.4, -0.2) is 30.3 Å². The van der Waals surface area contributed by atoms with Crippen molar-refractivity contribution >= 4 is 12.6 Å². The summed E-state index contributed by atoms with van der Waals surface area (Å²) >= 11 is 4.55. The zero-order chi connectivity index (χ0) is 14.1. The standard InChI is InChI=1S/C17H29NS/c1-4-15(5-2)12-18(6-3)13-17(14-19)16-10-8-7-9-11-16/h7-11,15,17,19H,4-6,12-14H2,1-3H3. The number of benzene rings is 1. The molecule has 1 aromatic rings. The Kier molecular flexibility index (Phi) is 8.24. The fraction of sp³-hybridized carbons (Fsp3) is 0.647. The zero-order valence-corrected chi connectivity index (χ0v) is 13.6. The molecule has 0 aromatic heterocycles. The van der Waals surface area contributed by atoms with E-state index in [1.807, 2.05) is 0 Å². The van der Waals surface area contributed by atoms with Gasteiger partial charge in [0.15, 0.2) is 0 Å². The molecule has 0 spiro atoms. The topological polar surface area (TPSA) is 3.24 Å². The van der Waals surface area contributed by atoms with Gasteiger partial charge in [0.25, 0.3) is 0 Å². The zero-order valence-electron chi connectivity index (χ0n) is 12.7. The van der Waals surface area contributed by atoms with Crippen LogP contribution in [0.15, 0.2) is 30.3 Å². The summed E-state index contributed by atoms with van der Waals surface area (Å²) in [4.78, 5) is 2.59. The predicted octanol–water partition coefficient (Wildman–Crippen LogP) is 4.46. The Morgan fingerprint density at radius 3 is 2.11 bits per heavy atom. The maximum absolute atomic E-state index is 4.55. The highest BCUT2D eigenvalue weighted by Gasteiger charge is 2.16. The molecule has 1 atom stereocenters. The molecular weight excluding hydrogens is 250 g/mol. The highest BCUT2D eigenvalue weighted by Crippen LogP contribution is 2.20. The number of nitrogens with zero attached hydrogens (tertiary/aromatic N) is 1. The molecule has 0 saturated heterocycles. The SMILES string of the molecule is CCC(CC)CN(CC)CC(CS)c1ccccc1. The molecule has 0 heterocycles. The Bertz CT molecular complexity index is 321. The second kappa shape index (κ2) is 9.44. The second-order valence-electron chi connectivity index (χ2n) is 5.32. The third-order valence-corrected chi connectivity index (χ3v) is 4.53. The normalized spacial score (nSPS) is 13.2. The summed E-state index contributed by atoms with van der Waals surface area (Å²) < 4.78 is 0. The van der Waals surface area contributed by atoms with E-state index < -0.39 is 0 Å². The fourth-order valence-electron chi connectivity index (χ4n) is 2.55. The van der Waals surface area contributed by atoms with Crippen molar-refractivity contribution in [2.24, 2.45) is 5.92 Å². The highest BCUT2D eigenvalue weighted by atomic mass is 32.1. The van der Waals surface area contributed by atoms with Crippen LogP contribution < -0.4 is 0 Å². The largest absolute Gasteiger partial charge is 0.303 e. The maximum atomic E-state index is 4.55. The van der Waals surface area contributed by atoms with Gasteiger partial charge in [0.1, 0.15) is 0 Å². The van der Waals surface area contributed by atoms with E-state index in [0.29, 0.717) is 5.92 Å². The lowest BCUT2D eigenvalue weighted by molar-refractivity contribution is 0.225. The highest BCUT2D eigenvalue weighted by molar-refractivity contribution is 7.80. The number of likely N-dealkylation sites (N-methyl/N-ethyl adjacent to an activating group) is 1. The van der Waals surface area contributed by atoms with E-state index in [4.69, 9.17) is 0 Å². The summed E-state index contributed by atoms with van der Waals surface area (Å²) in [6, 6.07) is 10.8. The Morgan fingerprint density at radius 2 is 1.63 bits per heavy atom. The number of rotatable bonds is 9. The molecule has 0 aliphatic rings. The van der Waals surface area contributed by atoms with E-state index in [9.17, 15) is 0 Å². The summed E-state index contributed by atoms with van der Waals surface area (Å²) in [7, 11) is 0. The number of hydrogen-bond acceptors (Lipinski definition) is 2. The molecule has 0 aliphatic carbocycles. The molecule has 0 fully saturated rings. The minimum absolute atomic E-state index is 0.541. The molecule has 1 rings (SSSR count). The van der Waals surface area contributed by atoms with Crippen LogP contribution in [0.5, 0.6) is 0 Å². The van der Waals surface area contributed by atoms with E-state index in [1.165, 1.54) is 24.9 Å². The maximum Gasteiger partial charge on any atom is 0.00581 e. The smallest absolute Gasteiger partial charge is 0.00581 e. The molecule has 1 unspecified atom stereocenters. The minimum Gasteiger partial charge on any atom is -0.303 e. The van der Waals surface area contributed by atoms with Crippen molar-refractivity contribution in [1.82, 2.24) is 4.90 Å². The summed E-state index contributed by atoms with van der Waals surface area (Å²) in [5.74, 6) is 2.29. The number of hydrogen-bond donors (Lipinski definition) is 1. The van der Waals surface area contributed by atoms with Crippen LogP contribution in [0.2, 0.25) is 0 Å². The molecule has 0 radical (unpaired) electrons. The molecule has 0 amide bonds. The van der Waals surface area contributed by atoms with Gasteiger partial charge in [0, 0.05) is 19.0 Å². The van der Waals surface area contributed by atoms with Crippen molar-refractivity contribution < 1.29 is 0 Å². The molecule has 0 aliphatic heterocycles. The average Bonchev–Trinajstić information content (AvgIpc) is 2.48. The molecule has 19 heavy (non-hydrogen) atoms. The minimum atomic E-state index is 0.541. The Balaban J connectivity index is 2.62. The number of thiol groups is 1. The molecule has 0 N–H and O–H groups in total. The summed E-state index contributed by atoms with van der Waals surface area (Å²) in [6.45, 7) is 10.3.